The molecule has 0 amide bonds. The van der Waals surface area contributed by atoms with Crippen molar-refractivity contribution in [3.8, 4) is 0 Å². The Balaban J connectivity index is 0.00000192. The number of rotatable bonds is 3. The van der Waals surface area contributed by atoms with Gasteiger partial charge in [0, 0.05) is 43.5 Å². The lowest BCUT2D eigenvalue weighted by atomic mass is 9.90. The number of aromatic nitrogens is 2. The molecule has 1 N–H and O–H groups in total. The normalized spacial score (nSPS) is 22.2. The average molecular weight is 403 g/mol. The summed E-state index contributed by atoms with van der Waals surface area (Å²) in [6, 6.07) is 7.07. The van der Waals surface area contributed by atoms with Crippen molar-refractivity contribution < 1.29 is 4.39 Å². The van der Waals surface area contributed by atoms with E-state index in [-0.39, 0.29) is 18.2 Å². The van der Waals surface area contributed by atoms with Crippen LogP contribution >= 0.6 is 12.4 Å². The van der Waals surface area contributed by atoms with E-state index < -0.39 is 0 Å². The van der Waals surface area contributed by atoms with E-state index in [1.54, 1.807) is 12.1 Å². The van der Waals surface area contributed by atoms with Crippen molar-refractivity contribution in [3.05, 3.63) is 52.7 Å². The van der Waals surface area contributed by atoms with E-state index in [1.165, 1.54) is 35.5 Å². The molecule has 28 heavy (non-hydrogen) atoms. The van der Waals surface area contributed by atoms with Crippen LogP contribution in [0.3, 0.4) is 0 Å². The minimum atomic E-state index is -0.158. The van der Waals surface area contributed by atoms with Crippen LogP contribution in [0.5, 0.6) is 0 Å². The first-order valence-corrected chi connectivity index (χ1v) is 10.4. The lowest BCUT2D eigenvalue weighted by Crippen LogP contribution is -2.36. The fourth-order valence-corrected chi connectivity index (χ4v) is 4.51. The van der Waals surface area contributed by atoms with Gasteiger partial charge >= 0.3 is 0 Å². The van der Waals surface area contributed by atoms with E-state index in [1.807, 2.05) is 12.1 Å². The Bertz CT molecular complexity index is 822. The predicted octanol–water partition coefficient (Wildman–Crippen LogP) is 3.99. The zero-order valence-electron chi connectivity index (χ0n) is 16.2. The van der Waals surface area contributed by atoms with E-state index >= 15 is 0 Å². The van der Waals surface area contributed by atoms with Gasteiger partial charge < -0.3 is 10.2 Å². The average Bonchev–Trinajstić information content (AvgIpc) is 3.55. The first-order valence-electron chi connectivity index (χ1n) is 10.4. The number of benzene rings is 1. The number of fused-ring (bicyclic) bond motifs is 1. The molecule has 3 heterocycles. The van der Waals surface area contributed by atoms with Gasteiger partial charge in [0.1, 0.15) is 17.5 Å². The maximum absolute atomic E-state index is 13.3. The summed E-state index contributed by atoms with van der Waals surface area (Å²) in [5, 5.41) is 3.51. The largest absolute Gasteiger partial charge is 0.356 e. The highest BCUT2D eigenvalue weighted by Crippen LogP contribution is 2.40. The van der Waals surface area contributed by atoms with Crippen molar-refractivity contribution in [2.45, 2.75) is 50.4 Å². The van der Waals surface area contributed by atoms with Crippen molar-refractivity contribution in [1.82, 2.24) is 15.3 Å². The van der Waals surface area contributed by atoms with Gasteiger partial charge in [0.2, 0.25) is 0 Å². The standard InChI is InChI=1S/C22H27FN4.ClH/c23-18-7-5-15(6-8-18)17-2-1-13-27(14-17)22-19-9-11-24-12-10-20(19)25-21(26-22)16-3-4-16;/h5-8,16-17,24H,1-4,9-14H2;1H. The molecular weight excluding hydrogens is 375 g/mol. The van der Waals surface area contributed by atoms with Crippen LogP contribution in [-0.2, 0) is 12.8 Å². The molecule has 1 aliphatic carbocycles. The number of hydrogen-bond acceptors (Lipinski definition) is 4. The molecule has 1 unspecified atom stereocenters. The zero-order chi connectivity index (χ0) is 18.2. The molecule has 0 radical (unpaired) electrons. The van der Waals surface area contributed by atoms with Gasteiger partial charge in [-0.15, -0.1) is 12.4 Å². The molecule has 2 aliphatic heterocycles. The highest BCUT2D eigenvalue weighted by atomic mass is 35.5. The number of piperidine rings is 1. The fraction of sp³-hybridized carbons (Fsp3) is 0.545. The second kappa shape index (κ2) is 8.34. The van der Waals surface area contributed by atoms with Gasteiger partial charge in [0.05, 0.1) is 5.69 Å². The first-order chi connectivity index (χ1) is 13.3. The summed E-state index contributed by atoms with van der Waals surface area (Å²) in [5.74, 6) is 3.10. The van der Waals surface area contributed by atoms with Crippen LogP contribution in [0.15, 0.2) is 24.3 Å². The molecule has 1 aromatic heterocycles. The molecule has 1 saturated carbocycles. The molecule has 1 saturated heterocycles. The lowest BCUT2D eigenvalue weighted by molar-refractivity contribution is 0.504. The van der Waals surface area contributed by atoms with Crippen LogP contribution in [0.2, 0.25) is 0 Å². The van der Waals surface area contributed by atoms with Crippen LogP contribution in [0.1, 0.15) is 60.2 Å². The molecule has 2 fully saturated rings. The van der Waals surface area contributed by atoms with Crippen molar-refractivity contribution >= 4 is 18.2 Å². The smallest absolute Gasteiger partial charge is 0.135 e. The highest BCUT2D eigenvalue weighted by molar-refractivity contribution is 5.85. The summed E-state index contributed by atoms with van der Waals surface area (Å²) in [6.07, 6.45) is 6.78. The molecule has 0 bridgehead atoms. The highest BCUT2D eigenvalue weighted by Gasteiger charge is 2.31. The number of nitrogens with zero attached hydrogens (tertiary/aromatic N) is 3. The minimum Gasteiger partial charge on any atom is -0.356 e. The van der Waals surface area contributed by atoms with Crippen molar-refractivity contribution in [1.29, 1.82) is 0 Å². The number of nitrogens with one attached hydrogen (secondary N) is 1. The Morgan fingerprint density at radius 1 is 0.964 bits per heavy atom. The lowest BCUT2D eigenvalue weighted by Gasteiger charge is -2.35. The Kier molecular flexibility index (Phi) is 5.83. The van der Waals surface area contributed by atoms with Crippen LogP contribution in [0.25, 0.3) is 0 Å². The van der Waals surface area contributed by atoms with E-state index in [0.29, 0.717) is 11.8 Å². The summed E-state index contributed by atoms with van der Waals surface area (Å²) < 4.78 is 13.3. The second-order valence-electron chi connectivity index (χ2n) is 8.19. The Labute approximate surface area is 172 Å². The van der Waals surface area contributed by atoms with Gasteiger partial charge in [-0.1, -0.05) is 12.1 Å². The zero-order valence-corrected chi connectivity index (χ0v) is 17.0. The topological polar surface area (TPSA) is 41.1 Å². The molecule has 2 aromatic rings. The number of hydrogen-bond donors (Lipinski definition) is 1. The third kappa shape index (κ3) is 4.01. The third-order valence-electron chi connectivity index (χ3n) is 6.18. The minimum absolute atomic E-state index is 0. The quantitative estimate of drug-likeness (QED) is 0.842. The van der Waals surface area contributed by atoms with Gasteiger partial charge in [-0.3, -0.25) is 0 Å². The molecule has 5 rings (SSSR count). The monoisotopic (exact) mass is 402 g/mol. The molecule has 1 atom stereocenters. The maximum Gasteiger partial charge on any atom is 0.135 e. The summed E-state index contributed by atoms with van der Waals surface area (Å²) in [4.78, 5) is 12.5. The van der Waals surface area contributed by atoms with Crippen LogP contribution < -0.4 is 10.2 Å². The molecule has 4 nitrogen and oxygen atoms in total. The van der Waals surface area contributed by atoms with Gasteiger partial charge in [-0.25, -0.2) is 14.4 Å². The number of anilines is 1. The van der Waals surface area contributed by atoms with E-state index in [9.17, 15) is 4.39 Å². The van der Waals surface area contributed by atoms with E-state index in [2.05, 4.69) is 10.2 Å². The molecule has 0 spiro atoms. The van der Waals surface area contributed by atoms with Gasteiger partial charge in [-0.05, 0) is 56.3 Å². The van der Waals surface area contributed by atoms with E-state index in [4.69, 9.17) is 9.97 Å². The molecule has 150 valence electrons. The van der Waals surface area contributed by atoms with Crippen molar-refractivity contribution in [2.75, 3.05) is 31.1 Å². The Morgan fingerprint density at radius 3 is 2.54 bits per heavy atom. The summed E-state index contributed by atoms with van der Waals surface area (Å²) in [6.45, 7) is 4.03. The second-order valence-corrected chi connectivity index (χ2v) is 8.19. The molecule has 6 heteroatoms. The molecular formula is C22H28ClFN4. The van der Waals surface area contributed by atoms with Crippen LogP contribution in [0.4, 0.5) is 10.2 Å². The first kappa shape index (κ1) is 19.6. The molecule has 1 aromatic carbocycles. The van der Waals surface area contributed by atoms with Crippen molar-refractivity contribution in [3.63, 3.8) is 0 Å². The summed E-state index contributed by atoms with van der Waals surface area (Å²) in [7, 11) is 0. The third-order valence-corrected chi connectivity index (χ3v) is 6.18. The van der Waals surface area contributed by atoms with Crippen LogP contribution in [-0.4, -0.2) is 36.1 Å². The Morgan fingerprint density at radius 2 is 1.75 bits per heavy atom. The van der Waals surface area contributed by atoms with Gasteiger partial charge in [0.15, 0.2) is 0 Å². The SMILES string of the molecule is Cl.Fc1ccc(C2CCCN(c3nc(C4CC4)nc4c3CCNCC4)C2)cc1. The fourth-order valence-electron chi connectivity index (χ4n) is 4.51. The molecule has 3 aliphatic rings. The van der Waals surface area contributed by atoms with Gasteiger partial charge in [0.25, 0.3) is 0 Å². The van der Waals surface area contributed by atoms with Crippen LogP contribution in [0, 0.1) is 5.82 Å². The van der Waals surface area contributed by atoms with Gasteiger partial charge in [-0.2, -0.15) is 0 Å². The number of halogens is 2. The predicted molar refractivity (Wildman–Crippen MR) is 112 cm³/mol. The summed E-state index contributed by atoms with van der Waals surface area (Å²) >= 11 is 0. The maximum atomic E-state index is 13.3. The Hall–Kier alpha value is -1.72. The summed E-state index contributed by atoms with van der Waals surface area (Å²) in [5.41, 5.74) is 3.85. The van der Waals surface area contributed by atoms with E-state index in [0.717, 1.165) is 57.7 Å². The van der Waals surface area contributed by atoms with Crippen molar-refractivity contribution in [2.24, 2.45) is 0 Å².